The van der Waals surface area contributed by atoms with E-state index in [1.807, 2.05) is 0 Å². The number of nitrogens with two attached hydrogens (primary N) is 1. The molecule has 1 aliphatic rings. The largest absolute Gasteiger partial charge is 0.464 e. The third-order valence-corrected chi connectivity index (χ3v) is 2.84. The maximum absolute atomic E-state index is 11.9. The molecule has 1 aromatic rings. The molecule has 2 N–H and O–H groups in total. The number of hydrogen-bond donors (Lipinski definition) is 1. The standard InChI is InChI=1S/C11H12N4O4/c1-19-11(18)8-10(14-3-2-13-8)15-5-6(9(12)17)4-7(15)16/h2-3,6H,4-5H2,1H3,(H2,12,17). The number of ether oxygens (including phenoxy) is 1. The van der Waals surface area contributed by atoms with Crippen LogP contribution in [0.2, 0.25) is 0 Å². The summed E-state index contributed by atoms with van der Waals surface area (Å²) in [4.78, 5) is 43.6. The fraction of sp³-hybridized carbons (Fsp3) is 0.364. The predicted molar refractivity (Wildman–Crippen MR) is 63.0 cm³/mol. The van der Waals surface area contributed by atoms with Gasteiger partial charge < -0.3 is 10.5 Å². The summed E-state index contributed by atoms with van der Waals surface area (Å²) in [5.41, 5.74) is 5.11. The zero-order valence-electron chi connectivity index (χ0n) is 10.2. The molecule has 0 saturated carbocycles. The lowest BCUT2D eigenvalue weighted by Gasteiger charge is -2.16. The smallest absolute Gasteiger partial charge is 0.360 e. The van der Waals surface area contributed by atoms with Gasteiger partial charge in [-0.15, -0.1) is 0 Å². The van der Waals surface area contributed by atoms with Crippen molar-refractivity contribution in [3.05, 3.63) is 18.1 Å². The molecule has 2 amide bonds. The van der Waals surface area contributed by atoms with Crippen molar-refractivity contribution in [2.75, 3.05) is 18.6 Å². The molecule has 1 unspecified atom stereocenters. The van der Waals surface area contributed by atoms with Gasteiger partial charge in [-0.1, -0.05) is 0 Å². The minimum atomic E-state index is -0.696. The Hall–Kier alpha value is -2.51. The Balaban J connectivity index is 2.35. The minimum absolute atomic E-state index is 0.00647. The monoisotopic (exact) mass is 264 g/mol. The Kier molecular flexibility index (Phi) is 3.41. The first-order chi connectivity index (χ1) is 9.04. The van der Waals surface area contributed by atoms with Crippen molar-refractivity contribution in [1.29, 1.82) is 0 Å². The molecule has 0 spiro atoms. The van der Waals surface area contributed by atoms with Crippen LogP contribution in [0.5, 0.6) is 0 Å². The van der Waals surface area contributed by atoms with Gasteiger partial charge in [0.1, 0.15) is 0 Å². The second-order valence-corrected chi connectivity index (χ2v) is 4.03. The van der Waals surface area contributed by atoms with Crippen LogP contribution in [0.25, 0.3) is 0 Å². The molecule has 100 valence electrons. The predicted octanol–water partition coefficient (Wildman–Crippen LogP) is -0.899. The molecule has 0 radical (unpaired) electrons. The van der Waals surface area contributed by atoms with Gasteiger partial charge >= 0.3 is 5.97 Å². The molecule has 1 aromatic heterocycles. The Morgan fingerprint density at radius 2 is 2.11 bits per heavy atom. The molecule has 2 rings (SSSR count). The average molecular weight is 264 g/mol. The molecule has 1 fully saturated rings. The molecule has 0 aromatic carbocycles. The van der Waals surface area contributed by atoms with E-state index in [9.17, 15) is 14.4 Å². The van der Waals surface area contributed by atoms with E-state index in [2.05, 4.69) is 14.7 Å². The quantitative estimate of drug-likeness (QED) is 0.707. The number of hydrogen-bond acceptors (Lipinski definition) is 6. The van der Waals surface area contributed by atoms with Crippen LogP contribution >= 0.6 is 0 Å². The van der Waals surface area contributed by atoms with E-state index in [0.29, 0.717) is 0 Å². The summed E-state index contributed by atoms with van der Waals surface area (Å²) in [6.45, 7) is 0.0941. The van der Waals surface area contributed by atoms with Crippen molar-refractivity contribution in [2.24, 2.45) is 11.7 Å². The van der Waals surface area contributed by atoms with Gasteiger partial charge in [0.15, 0.2) is 11.5 Å². The van der Waals surface area contributed by atoms with Gasteiger partial charge in [0, 0.05) is 25.4 Å². The van der Waals surface area contributed by atoms with Crippen molar-refractivity contribution >= 4 is 23.6 Å². The lowest BCUT2D eigenvalue weighted by molar-refractivity contribution is -0.123. The molecular formula is C11H12N4O4. The fourth-order valence-electron chi connectivity index (χ4n) is 1.87. The number of esters is 1. The molecule has 2 heterocycles. The van der Waals surface area contributed by atoms with Gasteiger partial charge in [0.2, 0.25) is 11.8 Å². The summed E-state index contributed by atoms with van der Waals surface area (Å²) >= 11 is 0. The van der Waals surface area contributed by atoms with Crippen LogP contribution in [-0.4, -0.2) is 41.4 Å². The molecule has 0 bridgehead atoms. The van der Waals surface area contributed by atoms with Crippen LogP contribution in [-0.2, 0) is 14.3 Å². The van der Waals surface area contributed by atoms with E-state index in [-0.39, 0.29) is 30.4 Å². The van der Waals surface area contributed by atoms with E-state index in [0.717, 1.165) is 0 Å². The summed E-state index contributed by atoms with van der Waals surface area (Å²) in [6, 6.07) is 0. The molecular weight excluding hydrogens is 252 g/mol. The van der Waals surface area contributed by atoms with Crippen molar-refractivity contribution in [1.82, 2.24) is 9.97 Å². The van der Waals surface area contributed by atoms with E-state index in [4.69, 9.17) is 5.73 Å². The number of methoxy groups -OCH3 is 1. The summed E-state index contributed by atoms with van der Waals surface area (Å²) in [5, 5.41) is 0. The molecule has 8 nitrogen and oxygen atoms in total. The second-order valence-electron chi connectivity index (χ2n) is 4.03. The number of carbonyl (C=O) groups is 3. The molecule has 0 aliphatic carbocycles. The molecule has 1 saturated heterocycles. The number of amides is 2. The van der Waals surface area contributed by atoms with Crippen molar-refractivity contribution < 1.29 is 19.1 Å². The molecule has 1 aliphatic heterocycles. The van der Waals surface area contributed by atoms with Gasteiger partial charge in [-0.05, 0) is 0 Å². The average Bonchev–Trinajstić information content (AvgIpc) is 2.80. The van der Waals surface area contributed by atoms with Gasteiger partial charge in [-0.2, -0.15) is 0 Å². The second kappa shape index (κ2) is 5.01. The lowest BCUT2D eigenvalue weighted by atomic mass is 10.1. The van der Waals surface area contributed by atoms with E-state index < -0.39 is 17.8 Å². The first-order valence-electron chi connectivity index (χ1n) is 5.53. The number of anilines is 1. The molecule has 1 atom stereocenters. The highest BCUT2D eigenvalue weighted by Crippen LogP contribution is 2.25. The van der Waals surface area contributed by atoms with E-state index in [1.165, 1.54) is 24.4 Å². The fourth-order valence-corrected chi connectivity index (χ4v) is 1.87. The lowest BCUT2D eigenvalue weighted by Crippen LogP contribution is -2.30. The third-order valence-electron chi connectivity index (χ3n) is 2.84. The zero-order chi connectivity index (χ0) is 14.0. The van der Waals surface area contributed by atoms with Crippen LogP contribution in [0.4, 0.5) is 5.82 Å². The number of primary amides is 1. The summed E-state index contributed by atoms with van der Waals surface area (Å²) in [6.07, 6.45) is 2.68. The maximum atomic E-state index is 11.9. The molecule has 19 heavy (non-hydrogen) atoms. The summed E-state index contributed by atoms with van der Waals surface area (Å²) in [7, 11) is 1.21. The summed E-state index contributed by atoms with van der Waals surface area (Å²) in [5.74, 6) is -2.07. The number of nitrogens with zero attached hydrogens (tertiary/aromatic N) is 3. The summed E-state index contributed by atoms with van der Waals surface area (Å²) < 4.78 is 4.57. The van der Waals surface area contributed by atoms with Gasteiger partial charge in [0.05, 0.1) is 13.0 Å². The molecule has 8 heteroatoms. The van der Waals surface area contributed by atoms with Crippen LogP contribution in [0.1, 0.15) is 16.9 Å². The van der Waals surface area contributed by atoms with Crippen molar-refractivity contribution in [3.8, 4) is 0 Å². The van der Waals surface area contributed by atoms with Crippen molar-refractivity contribution in [3.63, 3.8) is 0 Å². The minimum Gasteiger partial charge on any atom is -0.464 e. The van der Waals surface area contributed by atoms with Crippen molar-refractivity contribution in [2.45, 2.75) is 6.42 Å². The maximum Gasteiger partial charge on any atom is 0.360 e. The van der Waals surface area contributed by atoms with Crippen LogP contribution < -0.4 is 10.6 Å². The van der Waals surface area contributed by atoms with Crippen LogP contribution in [0, 0.1) is 5.92 Å². The van der Waals surface area contributed by atoms with Gasteiger partial charge in [0.25, 0.3) is 0 Å². The topological polar surface area (TPSA) is 115 Å². The SMILES string of the molecule is COC(=O)c1nccnc1N1CC(C(N)=O)CC1=O. The Morgan fingerprint density at radius 3 is 2.68 bits per heavy atom. The van der Waals surface area contributed by atoms with Crippen LogP contribution in [0.15, 0.2) is 12.4 Å². The highest BCUT2D eigenvalue weighted by molar-refractivity contribution is 6.03. The van der Waals surface area contributed by atoms with Gasteiger partial charge in [-0.25, -0.2) is 14.8 Å². The van der Waals surface area contributed by atoms with Crippen LogP contribution in [0.3, 0.4) is 0 Å². The normalized spacial score (nSPS) is 18.5. The number of aromatic nitrogens is 2. The highest BCUT2D eigenvalue weighted by Gasteiger charge is 2.36. The first-order valence-corrected chi connectivity index (χ1v) is 5.53. The third kappa shape index (κ3) is 2.37. The van der Waals surface area contributed by atoms with E-state index in [1.54, 1.807) is 0 Å². The number of carbonyl (C=O) groups excluding carboxylic acids is 3. The van der Waals surface area contributed by atoms with Gasteiger partial charge in [-0.3, -0.25) is 14.5 Å². The Labute approximate surface area is 108 Å². The number of rotatable bonds is 3. The highest BCUT2D eigenvalue weighted by atomic mass is 16.5. The van der Waals surface area contributed by atoms with E-state index >= 15 is 0 Å². The first kappa shape index (κ1) is 12.9. The zero-order valence-corrected chi connectivity index (χ0v) is 10.2. The Bertz CT molecular complexity index is 545. The Morgan fingerprint density at radius 1 is 1.42 bits per heavy atom.